The fraction of sp³-hybridized carbons (Fsp3) is 0.212. The van der Waals surface area contributed by atoms with Gasteiger partial charge >= 0.3 is 11.9 Å². The topological polar surface area (TPSA) is 98.0 Å². The predicted molar refractivity (Wildman–Crippen MR) is 157 cm³/mol. The number of nitrogens with zero attached hydrogens (tertiary/aromatic N) is 1. The van der Waals surface area contributed by atoms with Crippen LogP contribution in [0.4, 0.5) is 8.78 Å². The largest absolute Gasteiger partial charge is 0.490 e. The van der Waals surface area contributed by atoms with Crippen LogP contribution in [0, 0.1) is 18.6 Å². The Morgan fingerprint density at radius 3 is 2.26 bits per heavy atom. The molecule has 218 valence electrons. The molecule has 0 fully saturated rings. The average molecular weight is 576 g/mol. The van der Waals surface area contributed by atoms with E-state index < -0.39 is 17.8 Å². The van der Waals surface area contributed by atoms with Crippen molar-refractivity contribution in [2.45, 2.75) is 32.7 Å². The molecule has 1 heterocycles. The van der Waals surface area contributed by atoms with Gasteiger partial charge in [-0.05, 0) is 85.0 Å². The molecule has 4 aromatic rings. The van der Waals surface area contributed by atoms with Crippen LogP contribution in [0.25, 0.3) is 23.1 Å². The van der Waals surface area contributed by atoms with Crippen LogP contribution in [0.5, 0.6) is 11.5 Å². The second-order valence-corrected chi connectivity index (χ2v) is 9.60. The quantitative estimate of drug-likeness (QED) is 0.125. The van der Waals surface area contributed by atoms with Gasteiger partial charge in [0.2, 0.25) is 0 Å². The van der Waals surface area contributed by atoms with Crippen molar-refractivity contribution in [1.82, 2.24) is 4.57 Å². The minimum Gasteiger partial charge on any atom is -0.490 e. The number of aromatic nitrogens is 1. The van der Waals surface area contributed by atoms with Crippen molar-refractivity contribution in [3.63, 3.8) is 0 Å². The molecule has 0 amide bonds. The number of benzene rings is 3. The maximum atomic E-state index is 15.1. The van der Waals surface area contributed by atoms with Gasteiger partial charge in [-0.3, -0.25) is 9.59 Å². The third-order valence-corrected chi connectivity index (χ3v) is 6.67. The summed E-state index contributed by atoms with van der Waals surface area (Å²) in [5, 5.41) is 18.9. The Morgan fingerprint density at radius 2 is 1.60 bits per heavy atom. The Labute approximate surface area is 241 Å². The maximum absolute atomic E-state index is 15.1. The molecule has 3 aromatic carbocycles. The molecule has 42 heavy (non-hydrogen) atoms. The van der Waals surface area contributed by atoms with Crippen molar-refractivity contribution in [3.05, 3.63) is 107 Å². The molecule has 0 spiro atoms. The first-order chi connectivity index (χ1) is 20.2. The van der Waals surface area contributed by atoms with Crippen LogP contribution < -0.4 is 9.47 Å². The van der Waals surface area contributed by atoms with Gasteiger partial charge in [0.15, 0.2) is 0 Å². The van der Waals surface area contributed by atoms with Crippen LogP contribution >= 0.6 is 0 Å². The highest BCUT2D eigenvalue weighted by atomic mass is 19.1. The molecule has 0 saturated carbocycles. The molecule has 0 aliphatic rings. The molecular formula is C33H31F2NO6. The number of aryl methyl sites for hydroxylation is 1. The Kier molecular flexibility index (Phi) is 10.1. The highest BCUT2D eigenvalue weighted by molar-refractivity contribution is 5.95. The third kappa shape index (κ3) is 7.84. The van der Waals surface area contributed by atoms with Crippen molar-refractivity contribution < 1.29 is 38.1 Å². The molecule has 9 heteroatoms. The summed E-state index contributed by atoms with van der Waals surface area (Å²) in [6, 6.07) is 16.2. The number of fused-ring (bicyclic) bond motifs is 1. The monoisotopic (exact) mass is 575 g/mol. The van der Waals surface area contributed by atoms with E-state index in [1.165, 1.54) is 18.2 Å². The fourth-order valence-electron chi connectivity index (χ4n) is 4.70. The van der Waals surface area contributed by atoms with Crippen molar-refractivity contribution in [2.75, 3.05) is 13.2 Å². The van der Waals surface area contributed by atoms with E-state index in [1.807, 2.05) is 30.3 Å². The van der Waals surface area contributed by atoms with Gasteiger partial charge in [0.05, 0.1) is 5.52 Å². The van der Waals surface area contributed by atoms with Crippen LogP contribution in [0.1, 0.15) is 35.2 Å². The van der Waals surface area contributed by atoms with Crippen LogP contribution in [0.15, 0.2) is 72.8 Å². The van der Waals surface area contributed by atoms with Crippen LogP contribution in [-0.2, 0) is 22.6 Å². The summed E-state index contributed by atoms with van der Waals surface area (Å²) in [5.41, 5.74) is 3.19. The first-order valence-electron chi connectivity index (χ1n) is 13.4. The maximum Gasteiger partial charge on any atom is 0.323 e. The first kappa shape index (κ1) is 30.0. The van der Waals surface area contributed by atoms with Crippen molar-refractivity contribution in [2.24, 2.45) is 0 Å². The fourth-order valence-corrected chi connectivity index (χ4v) is 4.70. The molecule has 0 atom stereocenters. The summed E-state index contributed by atoms with van der Waals surface area (Å²) < 4.78 is 41.0. The van der Waals surface area contributed by atoms with Gasteiger partial charge in [-0.25, -0.2) is 8.78 Å². The van der Waals surface area contributed by atoms with Gasteiger partial charge in [-0.2, -0.15) is 0 Å². The summed E-state index contributed by atoms with van der Waals surface area (Å²) in [4.78, 5) is 22.6. The number of hydrogen-bond donors (Lipinski definition) is 2. The number of carboxylic acids is 2. The van der Waals surface area contributed by atoms with E-state index in [0.29, 0.717) is 58.7 Å². The van der Waals surface area contributed by atoms with E-state index in [-0.39, 0.29) is 25.4 Å². The Hall–Kier alpha value is -4.92. The summed E-state index contributed by atoms with van der Waals surface area (Å²) in [5.74, 6) is -1.72. The van der Waals surface area contributed by atoms with E-state index in [9.17, 15) is 19.1 Å². The second kappa shape index (κ2) is 14.1. The number of hydrogen-bond acceptors (Lipinski definition) is 4. The lowest BCUT2D eigenvalue weighted by atomic mass is 10.0. The standard InChI is InChI=1S/C33H31F2NO6/c1-22-28(8-5-9-30(37)38)32-29(35)17-14-24(33(32)36(22)21-31(39)40)13-10-23-11-15-26(16-12-23)41-18-2-3-19-42-27-7-4-6-25(34)20-27/h2-4,6-7,10-17,20H,5,8-9,18-19,21H2,1H3,(H,37,38)(H,39,40)/b3-2+,13-10+. The smallest absolute Gasteiger partial charge is 0.323 e. The summed E-state index contributed by atoms with van der Waals surface area (Å²) in [6.45, 7) is 2.00. The van der Waals surface area contributed by atoms with E-state index >= 15 is 4.39 Å². The van der Waals surface area contributed by atoms with Crippen LogP contribution in [-0.4, -0.2) is 39.9 Å². The molecule has 1 aromatic heterocycles. The first-order valence-corrected chi connectivity index (χ1v) is 13.4. The Bertz CT molecular complexity index is 1620. The Morgan fingerprint density at radius 1 is 0.881 bits per heavy atom. The third-order valence-electron chi connectivity index (χ3n) is 6.67. The molecule has 4 rings (SSSR count). The molecule has 0 aliphatic heterocycles. The van der Waals surface area contributed by atoms with Gasteiger partial charge in [0.25, 0.3) is 0 Å². The number of carboxylic acid groups (broad SMARTS) is 2. The SMILES string of the molecule is Cc1c(CCCC(=O)O)c2c(F)ccc(/C=C/c3ccc(OC/C=C/COc4cccc(F)c4)cc3)c2n1CC(=O)O. The zero-order valence-corrected chi connectivity index (χ0v) is 23.1. The minimum atomic E-state index is -1.06. The molecule has 0 bridgehead atoms. The summed E-state index contributed by atoms with van der Waals surface area (Å²) >= 11 is 0. The normalized spacial score (nSPS) is 11.5. The van der Waals surface area contributed by atoms with Gasteiger partial charge in [0, 0.05) is 23.6 Å². The number of aliphatic carboxylic acids is 2. The van der Waals surface area contributed by atoms with Crippen molar-refractivity contribution >= 4 is 35.0 Å². The summed E-state index contributed by atoms with van der Waals surface area (Å²) in [7, 11) is 0. The molecule has 2 N–H and O–H groups in total. The van der Waals surface area contributed by atoms with E-state index in [0.717, 1.165) is 5.56 Å². The molecule has 0 aliphatic carbocycles. The molecule has 0 unspecified atom stereocenters. The van der Waals surface area contributed by atoms with Gasteiger partial charge < -0.3 is 24.3 Å². The highest BCUT2D eigenvalue weighted by Crippen LogP contribution is 2.33. The van der Waals surface area contributed by atoms with Crippen LogP contribution in [0.3, 0.4) is 0 Å². The van der Waals surface area contributed by atoms with Gasteiger partial charge in [0.1, 0.15) is 42.9 Å². The number of halogens is 2. The zero-order valence-electron chi connectivity index (χ0n) is 23.1. The molecule has 7 nitrogen and oxygen atoms in total. The average Bonchev–Trinajstić information content (AvgIpc) is 3.22. The lowest BCUT2D eigenvalue weighted by Crippen LogP contribution is -2.10. The summed E-state index contributed by atoms with van der Waals surface area (Å²) in [6.07, 6.45) is 7.81. The van der Waals surface area contributed by atoms with E-state index in [1.54, 1.807) is 47.9 Å². The van der Waals surface area contributed by atoms with Crippen molar-refractivity contribution in [1.29, 1.82) is 0 Å². The second-order valence-electron chi connectivity index (χ2n) is 9.60. The van der Waals surface area contributed by atoms with Crippen LogP contribution in [0.2, 0.25) is 0 Å². The number of carbonyl (C=O) groups is 2. The molecular weight excluding hydrogens is 544 g/mol. The molecule has 0 radical (unpaired) electrons. The van der Waals surface area contributed by atoms with Gasteiger partial charge in [-0.15, -0.1) is 0 Å². The van der Waals surface area contributed by atoms with E-state index in [2.05, 4.69) is 0 Å². The zero-order chi connectivity index (χ0) is 30.1. The van der Waals surface area contributed by atoms with Crippen molar-refractivity contribution in [3.8, 4) is 11.5 Å². The highest BCUT2D eigenvalue weighted by Gasteiger charge is 2.21. The number of rotatable bonds is 14. The van der Waals surface area contributed by atoms with Gasteiger partial charge in [-0.1, -0.05) is 30.4 Å². The lowest BCUT2D eigenvalue weighted by molar-refractivity contribution is -0.138. The lowest BCUT2D eigenvalue weighted by Gasteiger charge is -2.08. The molecule has 0 saturated heterocycles. The number of ether oxygens (including phenoxy) is 2. The minimum absolute atomic E-state index is 0.0623. The Balaban J connectivity index is 1.44. The van der Waals surface area contributed by atoms with E-state index in [4.69, 9.17) is 14.6 Å². The predicted octanol–water partition coefficient (Wildman–Crippen LogP) is 6.90.